The van der Waals surface area contributed by atoms with Crippen LogP contribution in [0.25, 0.3) is 11.0 Å². The summed E-state index contributed by atoms with van der Waals surface area (Å²) in [6, 6.07) is 14.0. The van der Waals surface area contributed by atoms with Crippen molar-refractivity contribution in [3.05, 3.63) is 64.5 Å². The van der Waals surface area contributed by atoms with Gasteiger partial charge in [-0.1, -0.05) is 30.3 Å². The molecular formula is C23H24O10. The lowest BCUT2D eigenvalue weighted by atomic mass is 9.99. The average Bonchev–Trinajstić information content (AvgIpc) is 2.84. The van der Waals surface area contributed by atoms with Crippen molar-refractivity contribution in [2.75, 3.05) is 13.7 Å². The highest BCUT2D eigenvalue weighted by molar-refractivity contribution is 5.86. The van der Waals surface area contributed by atoms with Gasteiger partial charge in [0.25, 0.3) is 5.75 Å². The quantitative estimate of drug-likeness (QED) is 0.369. The molecule has 1 fully saturated rings. The normalized spacial score (nSPS) is 25.1. The minimum Gasteiger partial charge on any atom is -0.497 e. The molecule has 33 heavy (non-hydrogen) atoms. The fourth-order valence-electron chi connectivity index (χ4n) is 3.52. The van der Waals surface area contributed by atoms with E-state index in [0.29, 0.717) is 11.1 Å². The van der Waals surface area contributed by atoms with Gasteiger partial charge in [0.05, 0.1) is 19.1 Å². The molecule has 0 unspecified atom stereocenters. The Bertz CT molecular complexity index is 1140. The smallest absolute Gasteiger partial charge is 0.383 e. The van der Waals surface area contributed by atoms with Gasteiger partial charge < -0.3 is 43.8 Å². The molecule has 1 saturated heterocycles. The Labute approximate surface area is 188 Å². The van der Waals surface area contributed by atoms with Crippen LogP contribution in [0.4, 0.5) is 0 Å². The maximum absolute atomic E-state index is 12.8. The van der Waals surface area contributed by atoms with E-state index in [-0.39, 0.29) is 17.9 Å². The summed E-state index contributed by atoms with van der Waals surface area (Å²) in [5.74, 6) is 0.0971. The summed E-state index contributed by atoms with van der Waals surface area (Å²) in [7, 11) is 1.47. The third-order valence-corrected chi connectivity index (χ3v) is 5.34. The molecule has 4 rings (SSSR count). The van der Waals surface area contributed by atoms with Gasteiger partial charge in [0, 0.05) is 6.07 Å². The SMILES string of the molecule is COc1ccc2c(OCc3ccccc3)c(O[C@@H]3O[C@H](CO)[C@@H](O)[C@H](O)[C@@H]3O)c(=O)oc2c1. The molecule has 1 aliphatic rings. The van der Waals surface area contributed by atoms with Crippen LogP contribution in [-0.4, -0.2) is 64.8 Å². The van der Waals surface area contributed by atoms with Crippen molar-refractivity contribution in [1.29, 1.82) is 0 Å². The zero-order chi connectivity index (χ0) is 23.5. The molecular weight excluding hydrogens is 436 g/mol. The Hall–Kier alpha value is -3.15. The zero-order valence-electron chi connectivity index (χ0n) is 17.7. The van der Waals surface area contributed by atoms with Crippen LogP contribution in [0.2, 0.25) is 0 Å². The second-order valence-corrected chi connectivity index (χ2v) is 7.50. The van der Waals surface area contributed by atoms with Crippen molar-refractivity contribution in [1.82, 2.24) is 0 Å². The Morgan fingerprint density at radius 3 is 2.42 bits per heavy atom. The highest BCUT2D eigenvalue weighted by Crippen LogP contribution is 2.36. The summed E-state index contributed by atoms with van der Waals surface area (Å²) in [4.78, 5) is 12.8. The van der Waals surface area contributed by atoms with Crippen LogP contribution in [-0.2, 0) is 11.3 Å². The summed E-state index contributed by atoms with van der Waals surface area (Å²) < 4.78 is 27.5. The number of aliphatic hydroxyl groups is 4. The number of hydrogen-bond donors (Lipinski definition) is 4. The molecule has 10 nitrogen and oxygen atoms in total. The first kappa shape index (κ1) is 23.0. The van der Waals surface area contributed by atoms with Crippen molar-refractivity contribution in [3.8, 4) is 17.2 Å². The monoisotopic (exact) mass is 460 g/mol. The minimum atomic E-state index is -1.71. The molecule has 0 spiro atoms. The van der Waals surface area contributed by atoms with Gasteiger partial charge in [0.15, 0.2) is 5.75 Å². The van der Waals surface area contributed by atoms with Gasteiger partial charge in [-0.2, -0.15) is 0 Å². The zero-order valence-corrected chi connectivity index (χ0v) is 17.7. The fraction of sp³-hybridized carbons (Fsp3) is 0.348. The molecule has 5 atom stereocenters. The molecule has 176 valence electrons. The summed E-state index contributed by atoms with van der Waals surface area (Å²) in [5.41, 5.74) is 0.0885. The number of fused-ring (bicyclic) bond motifs is 1. The van der Waals surface area contributed by atoms with Crippen molar-refractivity contribution in [2.45, 2.75) is 37.3 Å². The van der Waals surface area contributed by atoms with Gasteiger partial charge in [-0.05, 0) is 17.7 Å². The van der Waals surface area contributed by atoms with Crippen LogP contribution in [0, 0.1) is 0 Å². The standard InChI is InChI=1S/C23H24O10/c1-29-13-7-8-14-15(9-13)31-22(28)21(20(14)30-11-12-5-3-2-4-6-12)33-23-19(27)18(26)17(25)16(10-24)32-23/h2-9,16-19,23-27H,10-11H2,1H3/t16-,17-,18+,19+,23+/m1/s1. The maximum Gasteiger partial charge on any atom is 0.383 e. The van der Waals surface area contributed by atoms with Gasteiger partial charge in [-0.3, -0.25) is 0 Å². The summed E-state index contributed by atoms with van der Waals surface area (Å²) in [5, 5.41) is 40.2. The Balaban J connectivity index is 1.74. The highest BCUT2D eigenvalue weighted by atomic mass is 16.7. The lowest BCUT2D eigenvalue weighted by Gasteiger charge is -2.39. The predicted octanol–water partition coefficient (Wildman–Crippen LogP) is 0.559. The number of aliphatic hydroxyl groups excluding tert-OH is 4. The van der Waals surface area contributed by atoms with Crippen LogP contribution < -0.4 is 19.8 Å². The van der Waals surface area contributed by atoms with Gasteiger partial charge in [-0.15, -0.1) is 0 Å². The first-order valence-corrected chi connectivity index (χ1v) is 10.2. The van der Waals surface area contributed by atoms with E-state index < -0.39 is 48.7 Å². The fourth-order valence-corrected chi connectivity index (χ4v) is 3.52. The lowest BCUT2D eigenvalue weighted by Crippen LogP contribution is -2.60. The van der Waals surface area contributed by atoms with E-state index >= 15 is 0 Å². The largest absolute Gasteiger partial charge is 0.497 e. The number of ether oxygens (including phenoxy) is 4. The van der Waals surface area contributed by atoms with Crippen LogP contribution in [0.3, 0.4) is 0 Å². The molecule has 2 aromatic carbocycles. The molecule has 0 aliphatic carbocycles. The highest BCUT2D eigenvalue weighted by Gasteiger charge is 2.45. The second-order valence-electron chi connectivity index (χ2n) is 7.50. The van der Waals surface area contributed by atoms with Crippen molar-refractivity contribution in [3.63, 3.8) is 0 Å². The van der Waals surface area contributed by atoms with Crippen molar-refractivity contribution < 1.29 is 43.8 Å². The predicted molar refractivity (Wildman–Crippen MR) is 114 cm³/mol. The number of methoxy groups -OCH3 is 1. The molecule has 0 amide bonds. The van der Waals surface area contributed by atoms with Crippen molar-refractivity contribution in [2.24, 2.45) is 0 Å². The molecule has 2 heterocycles. The number of benzene rings is 2. The van der Waals surface area contributed by atoms with E-state index in [0.717, 1.165) is 5.56 Å². The Kier molecular flexibility index (Phi) is 6.82. The topological polar surface area (TPSA) is 148 Å². The van der Waals surface area contributed by atoms with E-state index in [1.54, 1.807) is 12.1 Å². The van der Waals surface area contributed by atoms with Gasteiger partial charge in [0.1, 0.15) is 42.4 Å². The molecule has 1 aromatic heterocycles. The van der Waals surface area contributed by atoms with Crippen molar-refractivity contribution >= 4 is 11.0 Å². The molecule has 0 radical (unpaired) electrons. The lowest BCUT2D eigenvalue weighted by molar-refractivity contribution is -0.278. The van der Waals surface area contributed by atoms with Gasteiger partial charge in [0.2, 0.25) is 6.29 Å². The molecule has 1 aliphatic heterocycles. The molecule has 3 aromatic rings. The first-order valence-electron chi connectivity index (χ1n) is 10.2. The number of rotatable bonds is 7. The van der Waals surface area contributed by atoms with E-state index in [1.165, 1.54) is 13.2 Å². The summed E-state index contributed by atoms with van der Waals surface area (Å²) in [6.07, 6.45) is -7.75. The van der Waals surface area contributed by atoms with Gasteiger partial charge >= 0.3 is 5.63 Å². The Morgan fingerprint density at radius 2 is 1.73 bits per heavy atom. The molecule has 4 N–H and O–H groups in total. The van der Waals surface area contributed by atoms with Crippen LogP contribution in [0.1, 0.15) is 5.56 Å². The third-order valence-electron chi connectivity index (χ3n) is 5.34. The van der Waals surface area contributed by atoms with E-state index in [2.05, 4.69) is 0 Å². The molecule has 10 heteroatoms. The van der Waals surface area contributed by atoms with Crippen LogP contribution in [0.15, 0.2) is 57.7 Å². The van der Waals surface area contributed by atoms with Gasteiger partial charge in [-0.25, -0.2) is 4.79 Å². The number of hydrogen-bond acceptors (Lipinski definition) is 10. The van der Waals surface area contributed by atoms with Crippen LogP contribution in [0.5, 0.6) is 17.2 Å². The van der Waals surface area contributed by atoms with Crippen LogP contribution >= 0.6 is 0 Å². The molecule has 0 saturated carbocycles. The summed E-state index contributed by atoms with van der Waals surface area (Å²) >= 11 is 0. The van der Waals surface area contributed by atoms with E-state index in [1.807, 2.05) is 30.3 Å². The first-order chi connectivity index (χ1) is 15.9. The summed E-state index contributed by atoms with van der Waals surface area (Å²) in [6.45, 7) is -0.551. The third kappa shape index (κ3) is 4.65. The minimum absolute atomic E-state index is 0.0321. The molecule has 0 bridgehead atoms. The van der Waals surface area contributed by atoms with E-state index in [4.69, 9.17) is 23.4 Å². The maximum atomic E-state index is 12.8. The average molecular weight is 460 g/mol. The second kappa shape index (κ2) is 9.77. The Morgan fingerprint density at radius 1 is 0.970 bits per heavy atom. The van der Waals surface area contributed by atoms with E-state index in [9.17, 15) is 25.2 Å².